The summed E-state index contributed by atoms with van der Waals surface area (Å²) in [6, 6.07) is 12.7. The number of Topliss-reactive ketones (excluding diaryl/α,β-unsaturated/α-hetero) is 1. The Kier molecular flexibility index (Phi) is 6.48. The van der Waals surface area contributed by atoms with Gasteiger partial charge in [0, 0.05) is 22.6 Å². The molecule has 1 heterocycles. The first-order chi connectivity index (χ1) is 14.7. The van der Waals surface area contributed by atoms with Crippen LogP contribution in [0.3, 0.4) is 0 Å². The summed E-state index contributed by atoms with van der Waals surface area (Å²) < 4.78 is 49.3. The molecule has 5 nitrogen and oxygen atoms in total. The topological polar surface area (TPSA) is 57.5 Å². The average molecular weight is 431 g/mol. The van der Waals surface area contributed by atoms with Crippen LogP contribution in [-0.2, 0) is 4.74 Å². The van der Waals surface area contributed by atoms with E-state index < -0.39 is 30.3 Å². The van der Waals surface area contributed by atoms with Crippen molar-refractivity contribution in [2.75, 3.05) is 0 Å². The summed E-state index contributed by atoms with van der Waals surface area (Å²) in [5.41, 5.74) is 2.34. The molecule has 31 heavy (non-hydrogen) atoms. The highest BCUT2D eigenvalue weighted by Crippen LogP contribution is 2.25. The molecule has 0 saturated heterocycles. The van der Waals surface area contributed by atoms with Crippen LogP contribution in [0.5, 0.6) is 5.75 Å². The maximum atomic E-state index is 13.3. The molecule has 0 fully saturated rings. The van der Waals surface area contributed by atoms with E-state index in [1.807, 2.05) is 0 Å². The number of alkyl halides is 2. The number of hydrogen-bond donors (Lipinski definition) is 0. The fraction of sp³-hybridized carbons (Fsp3) is 0.217. The summed E-state index contributed by atoms with van der Waals surface area (Å²) in [5.74, 6) is -1.78. The summed E-state index contributed by atoms with van der Waals surface area (Å²) in [5, 5.41) is 0. The summed E-state index contributed by atoms with van der Waals surface area (Å²) in [6.45, 7) is 2.05. The number of ether oxygens (including phenoxy) is 2. The number of rotatable bonds is 7. The molecule has 1 aromatic heterocycles. The molecular formula is C23H20F3NO4. The number of hydrogen-bond acceptors (Lipinski definition) is 4. The van der Waals surface area contributed by atoms with E-state index in [-0.39, 0.29) is 11.3 Å². The van der Waals surface area contributed by atoms with Crippen molar-refractivity contribution >= 4 is 11.8 Å². The summed E-state index contributed by atoms with van der Waals surface area (Å²) >= 11 is 0. The first-order valence-corrected chi connectivity index (χ1v) is 9.42. The van der Waals surface area contributed by atoms with Gasteiger partial charge in [-0.2, -0.15) is 8.78 Å². The number of carbonyl (C=O) groups is 2. The Morgan fingerprint density at radius 3 is 2.29 bits per heavy atom. The quantitative estimate of drug-likeness (QED) is 0.378. The third-order valence-corrected chi connectivity index (χ3v) is 4.73. The lowest BCUT2D eigenvalue weighted by molar-refractivity contribution is -0.0498. The van der Waals surface area contributed by atoms with Crippen LogP contribution < -0.4 is 4.74 Å². The summed E-state index contributed by atoms with van der Waals surface area (Å²) in [4.78, 5) is 25.1. The first-order valence-electron chi connectivity index (χ1n) is 9.42. The van der Waals surface area contributed by atoms with Gasteiger partial charge in [-0.15, -0.1) is 0 Å². The minimum Gasteiger partial charge on any atom is -0.451 e. The third-order valence-electron chi connectivity index (χ3n) is 4.73. The Labute approximate surface area is 177 Å². The molecule has 3 rings (SSSR count). The predicted molar refractivity (Wildman–Crippen MR) is 107 cm³/mol. The van der Waals surface area contributed by atoms with E-state index in [4.69, 9.17) is 4.74 Å². The maximum absolute atomic E-state index is 13.3. The van der Waals surface area contributed by atoms with Gasteiger partial charge in [0.25, 0.3) is 0 Å². The second-order valence-corrected chi connectivity index (χ2v) is 6.91. The number of aromatic nitrogens is 1. The van der Waals surface area contributed by atoms with E-state index >= 15 is 0 Å². The lowest BCUT2D eigenvalue weighted by Crippen LogP contribution is -2.25. The van der Waals surface area contributed by atoms with Crippen LogP contribution in [0.2, 0.25) is 0 Å². The number of esters is 1. The molecule has 8 heteroatoms. The fourth-order valence-corrected chi connectivity index (χ4v) is 3.30. The molecule has 0 bridgehead atoms. The molecule has 0 amide bonds. The van der Waals surface area contributed by atoms with Gasteiger partial charge < -0.3 is 14.0 Å². The summed E-state index contributed by atoms with van der Waals surface area (Å²) in [7, 11) is 0. The molecule has 2 aromatic carbocycles. The van der Waals surface area contributed by atoms with Crippen LogP contribution in [-0.4, -0.2) is 29.0 Å². The zero-order chi connectivity index (χ0) is 22.7. The van der Waals surface area contributed by atoms with Crippen LogP contribution in [0.1, 0.15) is 39.0 Å². The molecular weight excluding hydrogens is 411 g/mol. The number of carbonyl (C=O) groups excluding carboxylic acids is 2. The SMILES string of the molecule is Cc1cc(C(=O)C(C)OC(=O)c2cccc(F)c2)c(C)n1-c1ccc(OC(F)F)cc1. The molecule has 0 spiro atoms. The van der Waals surface area contributed by atoms with Gasteiger partial charge in [0.15, 0.2) is 6.10 Å². The largest absolute Gasteiger partial charge is 0.451 e. The lowest BCUT2D eigenvalue weighted by atomic mass is 10.1. The normalized spacial score (nSPS) is 12.0. The molecule has 0 N–H and O–H groups in total. The van der Waals surface area contributed by atoms with Crippen molar-refractivity contribution in [3.05, 3.63) is 82.9 Å². The van der Waals surface area contributed by atoms with Crippen LogP contribution in [0.25, 0.3) is 5.69 Å². The number of ketones is 1. The van der Waals surface area contributed by atoms with Crippen LogP contribution in [0.15, 0.2) is 54.6 Å². The fourth-order valence-electron chi connectivity index (χ4n) is 3.30. The van der Waals surface area contributed by atoms with Crippen molar-refractivity contribution in [1.82, 2.24) is 4.57 Å². The van der Waals surface area contributed by atoms with Gasteiger partial charge >= 0.3 is 12.6 Å². The number of halogens is 3. The van der Waals surface area contributed by atoms with Crippen molar-refractivity contribution in [2.45, 2.75) is 33.5 Å². The molecule has 0 saturated carbocycles. The van der Waals surface area contributed by atoms with E-state index in [2.05, 4.69) is 4.74 Å². The smallest absolute Gasteiger partial charge is 0.387 e. The van der Waals surface area contributed by atoms with Crippen LogP contribution in [0, 0.1) is 19.7 Å². The average Bonchev–Trinajstić information content (AvgIpc) is 3.01. The van der Waals surface area contributed by atoms with Crippen molar-refractivity contribution in [2.24, 2.45) is 0 Å². The minimum atomic E-state index is -2.92. The number of benzene rings is 2. The highest BCUT2D eigenvalue weighted by Gasteiger charge is 2.25. The molecule has 0 aliphatic rings. The van der Waals surface area contributed by atoms with E-state index in [0.29, 0.717) is 16.9 Å². The van der Waals surface area contributed by atoms with Gasteiger partial charge in [0.1, 0.15) is 11.6 Å². The van der Waals surface area contributed by atoms with E-state index in [1.165, 1.54) is 37.3 Å². The van der Waals surface area contributed by atoms with Gasteiger partial charge in [-0.05, 0) is 69.3 Å². The minimum absolute atomic E-state index is 0.0104. The van der Waals surface area contributed by atoms with Crippen molar-refractivity contribution < 1.29 is 32.2 Å². The van der Waals surface area contributed by atoms with Gasteiger partial charge in [0.2, 0.25) is 5.78 Å². The Hall–Kier alpha value is -3.55. The second-order valence-electron chi connectivity index (χ2n) is 6.91. The van der Waals surface area contributed by atoms with Gasteiger partial charge in [0.05, 0.1) is 5.56 Å². The first kappa shape index (κ1) is 22.1. The third kappa shape index (κ3) is 4.96. The standard InChI is InChI=1S/C23H20F3NO4/c1-13-11-20(14(2)27(13)18-7-9-19(10-8-18)31-23(25)26)21(28)15(3)30-22(29)16-5-4-6-17(24)12-16/h4-12,15,23H,1-3H3. The Morgan fingerprint density at radius 1 is 1.00 bits per heavy atom. The highest BCUT2D eigenvalue weighted by molar-refractivity contribution is 6.02. The van der Waals surface area contributed by atoms with Crippen LogP contribution in [0.4, 0.5) is 13.2 Å². The number of aryl methyl sites for hydroxylation is 1. The van der Waals surface area contributed by atoms with Gasteiger partial charge in [-0.25, -0.2) is 9.18 Å². The monoisotopic (exact) mass is 431 g/mol. The second kappa shape index (κ2) is 9.07. The summed E-state index contributed by atoms with van der Waals surface area (Å²) in [6.07, 6.45) is -1.09. The highest BCUT2D eigenvalue weighted by atomic mass is 19.3. The predicted octanol–water partition coefficient (Wildman–Crippen LogP) is 5.26. The van der Waals surface area contributed by atoms with Gasteiger partial charge in [-0.3, -0.25) is 4.79 Å². The Morgan fingerprint density at radius 2 is 1.68 bits per heavy atom. The lowest BCUT2D eigenvalue weighted by Gasteiger charge is -2.14. The molecule has 0 radical (unpaired) electrons. The molecule has 0 aliphatic heterocycles. The van der Waals surface area contributed by atoms with Crippen molar-refractivity contribution in [1.29, 1.82) is 0 Å². The molecule has 3 aromatic rings. The van der Waals surface area contributed by atoms with E-state index in [9.17, 15) is 22.8 Å². The molecule has 162 valence electrons. The number of nitrogens with zero attached hydrogens (tertiary/aromatic N) is 1. The van der Waals surface area contributed by atoms with Crippen molar-refractivity contribution in [3.8, 4) is 11.4 Å². The molecule has 0 aliphatic carbocycles. The van der Waals surface area contributed by atoms with Crippen LogP contribution >= 0.6 is 0 Å². The van der Waals surface area contributed by atoms with Crippen molar-refractivity contribution in [3.63, 3.8) is 0 Å². The maximum Gasteiger partial charge on any atom is 0.387 e. The molecule has 1 unspecified atom stereocenters. The van der Waals surface area contributed by atoms with Gasteiger partial charge in [-0.1, -0.05) is 6.07 Å². The zero-order valence-electron chi connectivity index (χ0n) is 17.1. The zero-order valence-corrected chi connectivity index (χ0v) is 17.1. The molecule has 1 atom stereocenters. The Balaban J connectivity index is 1.80. The van der Waals surface area contributed by atoms with E-state index in [0.717, 1.165) is 11.8 Å². The van der Waals surface area contributed by atoms with E-state index in [1.54, 1.807) is 36.6 Å². The Bertz CT molecular complexity index is 1110.